The Morgan fingerprint density at radius 1 is 1.14 bits per heavy atom. The number of imidazole rings is 1. The van der Waals surface area contributed by atoms with Gasteiger partial charge in [-0.3, -0.25) is 4.79 Å². The van der Waals surface area contributed by atoms with Crippen molar-refractivity contribution in [2.75, 3.05) is 18.5 Å². The van der Waals surface area contributed by atoms with E-state index in [-0.39, 0.29) is 19.0 Å². The van der Waals surface area contributed by atoms with Gasteiger partial charge in [-0.05, 0) is 42.5 Å². The lowest BCUT2D eigenvalue weighted by atomic mass is 10.1. The van der Waals surface area contributed by atoms with Crippen LogP contribution in [0.25, 0.3) is 22.6 Å². The van der Waals surface area contributed by atoms with Gasteiger partial charge in [-0.2, -0.15) is 0 Å². The standard InChI is InChI=1S/C24H23FN6O4/c25-16-5-3-14(4-6-16)21-22(18-7-8-27-24(29-18)28-11-17-2-1-9-33-17)31-19(30-21)10-20-34-12-15(13-35-20)23(26)32/h1-9,15,20H,10-13H2,(H2,26,32)(H,30,31)(H,27,28,29). The van der Waals surface area contributed by atoms with Crippen LogP contribution in [0.1, 0.15) is 11.6 Å². The number of aromatic amines is 1. The number of rotatable bonds is 8. The first-order valence-electron chi connectivity index (χ1n) is 11.0. The fraction of sp³-hybridized carbons (Fsp3) is 0.250. The van der Waals surface area contributed by atoms with Crippen LogP contribution in [0.15, 0.2) is 59.3 Å². The van der Waals surface area contributed by atoms with Crippen molar-refractivity contribution in [2.24, 2.45) is 11.7 Å². The van der Waals surface area contributed by atoms with E-state index in [9.17, 15) is 9.18 Å². The van der Waals surface area contributed by atoms with Gasteiger partial charge in [0.15, 0.2) is 6.29 Å². The van der Waals surface area contributed by atoms with Crippen LogP contribution in [0.5, 0.6) is 0 Å². The van der Waals surface area contributed by atoms with Crippen LogP contribution in [-0.4, -0.2) is 45.3 Å². The molecule has 0 atom stereocenters. The average molecular weight is 478 g/mol. The predicted octanol–water partition coefficient (Wildman–Crippen LogP) is 2.89. The van der Waals surface area contributed by atoms with Crippen molar-refractivity contribution in [3.63, 3.8) is 0 Å². The van der Waals surface area contributed by atoms with Gasteiger partial charge < -0.3 is 29.9 Å². The second-order valence-corrected chi connectivity index (χ2v) is 8.01. The Kier molecular flexibility index (Phi) is 6.51. The van der Waals surface area contributed by atoms with Crippen LogP contribution < -0.4 is 11.1 Å². The molecule has 35 heavy (non-hydrogen) atoms. The number of halogens is 1. The highest BCUT2D eigenvalue weighted by atomic mass is 19.1. The molecule has 0 bridgehead atoms. The Labute approximate surface area is 199 Å². The van der Waals surface area contributed by atoms with E-state index in [0.717, 1.165) is 5.76 Å². The number of carbonyl (C=O) groups excluding carboxylic acids is 1. The number of benzene rings is 1. The monoisotopic (exact) mass is 478 g/mol. The summed E-state index contributed by atoms with van der Waals surface area (Å²) in [5.74, 6) is 0.484. The summed E-state index contributed by atoms with van der Waals surface area (Å²) in [7, 11) is 0. The molecule has 1 aliphatic rings. The molecule has 0 radical (unpaired) electrons. The van der Waals surface area contributed by atoms with Crippen LogP contribution in [0, 0.1) is 11.7 Å². The summed E-state index contributed by atoms with van der Waals surface area (Å²) < 4.78 is 30.2. The molecule has 0 spiro atoms. The van der Waals surface area contributed by atoms with Crippen molar-refractivity contribution in [1.82, 2.24) is 19.9 Å². The third kappa shape index (κ3) is 5.36. The number of amides is 1. The largest absolute Gasteiger partial charge is 0.467 e. The van der Waals surface area contributed by atoms with Crippen LogP contribution >= 0.6 is 0 Å². The summed E-state index contributed by atoms with van der Waals surface area (Å²) >= 11 is 0. The number of nitrogens with zero attached hydrogens (tertiary/aromatic N) is 3. The fourth-order valence-corrected chi connectivity index (χ4v) is 3.67. The molecule has 4 heterocycles. The van der Waals surface area contributed by atoms with Gasteiger partial charge in [0, 0.05) is 11.8 Å². The van der Waals surface area contributed by atoms with E-state index < -0.39 is 18.1 Å². The SMILES string of the molecule is NC(=O)C1COC(Cc2nc(-c3ccc(F)cc3)c(-c3ccnc(NCc4ccco4)n3)[nH]2)OC1. The van der Waals surface area contributed by atoms with E-state index in [1.54, 1.807) is 30.7 Å². The van der Waals surface area contributed by atoms with E-state index >= 15 is 0 Å². The minimum Gasteiger partial charge on any atom is -0.467 e. The maximum atomic E-state index is 13.6. The second kappa shape index (κ2) is 10.0. The number of carbonyl (C=O) groups is 1. The van der Waals surface area contributed by atoms with Gasteiger partial charge in [-0.15, -0.1) is 0 Å². The molecule has 3 aromatic heterocycles. The molecule has 11 heteroatoms. The van der Waals surface area contributed by atoms with Gasteiger partial charge in [-0.1, -0.05) is 0 Å². The highest BCUT2D eigenvalue weighted by molar-refractivity contribution is 5.77. The molecule has 5 rings (SSSR count). The van der Waals surface area contributed by atoms with Crippen LogP contribution in [-0.2, 0) is 27.2 Å². The lowest BCUT2D eigenvalue weighted by Gasteiger charge is -2.27. The number of ether oxygens (including phenoxy) is 2. The molecule has 0 unspecified atom stereocenters. The van der Waals surface area contributed by atoms with Gasteiger partial charge >= 0.3 is 0 Å². The Balaban J connectivity index is 1.41. The molecular formula is C24H23FN6O4. The first-order valence-corrected chi connectivity index (χ1v) is 11.0. The lowest BCUT2D eigenvalue weighted by Crippen LogP contribution is -2.40. The third-order valence-corrected chi connectivity index (χ3v) is 5.51. The van der Waals surface area contributed by atoms with E-state index in [0.29, 0.717) is 47.4 Å². The number of aromatic nitrogens is 4. The Hall–Kier alpha value is -4.09. The maximum Gasteiger partial charge on any atom is 0.225 e. The van der Waals surface area contributed by atoms with E-state index in [2.05, 4.69) is 20.3 Å². The molecule has 180 valence electrons. The Bertz CT molecular complexity index is 1280. The smallest absolute Gasteiger partial charge is 0.225 e. The molecule has 1 aromatic carbocycles. The average Bonchev–Trinajstić information content (AvgIpc) is 3.54. The molecule has 1 saturated heterocycles. The maximum absolute atomic E-state index is 13.6. The highest BCUT2D eigenvalue weighted by Gasteiger charge is 2.27. The van der Waals surface area contributed by atoms with Crippen molar-refractivity contribution < 1.29 is 23.1 Å². The van der Waals surface area contributed by atoms with Gasteiger partial charge in [0.05, 0.1) is 55.4 Å². The van der Waals surface area contributed by atoms with E-state index in [1.807, 2.05) is 12.1 Å². The van der Waals surface area contributed by atoms with Crippen LogP contribution in [0.2, 0.25) is 0 Å². The van der Waals surface area contributed by atoms with Crippen molar-refractivity contribution in [3.05, 3.63) is 72.3 Å². The quantitative estimate of drug-likeness (QED) is 0.351. The number of hydrogen-bond donors (Lipinski definition) is 3. The Morgan fingerprint density at radius 2 is 1.94 bits per heavy atom. The number of furan rings is 1. The second-order valence-electron chi connectivity index (χ2n) is 8.01. The molecular weight excluding hydrogens is 455 g/mol. The predicted molar refractivity (Wildman–Crippen MR) is 123 cm³/mol. The molecule has 10 nitrogen and oxygen atoms in total. The molecule has 4 N–H and O–H groups in total. The van der Waals surface area contributed by atoms with Crippen molar-refractivity contribution in [2.45, 2.75) is 19.3 Å². The zero-order valence-electron chi connectivity index (χ0n) is 18.6. The number of anilines is 1. The fourth-order valence-electron chi connectivity index (χ4n) is 3.67. The highest BCUT2D eigenvalue weighted by Crippen LogP contribution is 2.30. The lowest BCUT2D eigenvalue weighted by molar-refractivity contribution is -0.199. The molecule has 0 saturated carbocycles. The van der Waals surface area contributed by atoms with Gasteiger partial charge in [-0.25, -0.2) is 19.3 Å². The minimum atomic E-state index is -0.582. The van der Waals surface area contributed by atoms with Gasteiger partial charge in [0.2, 0.25) is 11.9 Å². The number of H-pyrrole nitrogens is 1. The molecule has 1 amide bonds. The third-order valence-electron chi connectivity index (χ3n) is 5.51. The zero-order valence-corrected chi connectivity index (χ0v) is 18.6. The van der Waals surface area contributed by atoms with Crippen LogP contribution in [0.4, 0.5) is 10.3 Å². The molecule has 1 aliphatic heterocycles. The van der Waals surface area contributed by atoms with Gasteiger partial charge in [0.1, 0.15) is 17.4 Å². The Morgan fingerprint density at radius 3 is 2.66 bits per heavy atom. The van der Waals surface area contributed by atoms with Crippen molar-refractivity contribution >= 4 is 11.9 Å². The van der Waals surface area contributed by atoms with Crippen molar-refractivity contribution in [1.29, 1.82) is 0 Å². The van der Waals surface area contributed by atoms with Gasteiger partial charge in [0.25, 0.3) is 0 Å². The number of hydrogen-bond acceptors (Lipinski definition) is 8. The summed E-state index contributed by atoms with van der Waals surface area (Å²) in [5.41, 5.74) is 7.87. The van der Waals surface area contributed by atoms with E-state index in [1.165, 1.54) is 12.1 Å². The summed E-state index contributed by atoms with van der Waals surface area (Å²) in [5, 5.41) is 3.13. The summed E-state index contributed by atoms with van der Waals surface area (Å²) in [4.78, 5) is 28.2. The number of nitrogens with one attached hydrogen (secondary N) is 2. The molecule has 1 fully saturated rings. The summed E-state index contributed by atoms with van der Waals surface area (Å²) in [6.45, 7) is 0.808. The van der Waals surface area contributed by atoms with E-state index in [4.69, 9.17) is 24.6 Å². The van der Waals surface area contributed by atoms with Crippen LogP contribution in [0.3, 0.4) is 0 Å². The topological polar surface area (TPSA) is 141 Å². The minimum absolute atomic E-state index is 0.189. The normalized spacial score (nSPS) is 17.9. The number of nitrogens with two attached hydrogens (primary N) is 1. The molecule has 0 aliphatic carbocycles. The summed E-state index contributed by atoms with van der Waals surface area (Å²) in [6, 6.07) is 11.5. The first kappa shape index (κ1) is 22.7. The van der Waals surface area contributed by atoms with Crippen molar-refractivity contribution in [3.8, 4) is 22.6 Å². The zero-order chi connectivity index (χ0) is 24.2. The first-order chi connectivity index (χ1) is 17.0. The number of primary amides is 1. The summed E-state index contributed by atoms with van der Waals surface area (Å²) in [6.07, 6.45) is 2.97. The molecule has 4 aromatic rings.